The number of ether oxygens (including phenoxy) is 1. The normalized spacial score (nSPS) is 12.1. The number of nitriles is 1. The van der Waals surface area contributed by atoms with E-state index in [9.17, 15) is 4.21 Å². The summed E-state index contributed by atoms with van der Waals surface area (Å²) in [6.45, 7) is 4.64. The third-order valence-electron chi connectivity index (χ3n) is 2.50. The van der Waals surface area contributed by atoms with Gasteiger partial charge in [-0.25, -0.2) is 0 Å². The van der Waals surface area contributed by atoms with Crippen molar-refractivity contribution < 1.29 is 8.95 Å². The van der Waals surface area contributed by atoms with Crippen molar-refractivity contribution in [3.8, 4) is 11.8 Å². The molecule has 3 nitrogen and oxygen atoms in total. The molecule has 0 aromatic heterocycles. The van der Waals surface area contributed by atoms with E-state index in [0.717, 1.165) is 12.2 Å². The summed E-state index contributed by atoms with van der Waals surface area (Å²) >= 11 is 0. The van der Waals surface area contributed by atoms with Gasteiger partial charge in [0.2, 0.25) is 0 Å². The zero-order chi connectivity index (χ0) is 13.4. The Hall–Kier alpha value is -1.34. The van der Waals surface area contributed by atoms with Crippen LogP contribution in [0.2, 0.25) is 0 Å². The van der Waals surface area contributed by atoms with Crippen LogP contribution in [0.3, 0.4) is 0 Å². The van der Waals surface area contributed by atoms with Crippen molar-refractivity contribution in [2.75, 3.05) is 18.1 Å². The fourth-order valence-corrected chi connectivity index (χ4v) is 2.61. The lowest BCUT2D eigenvalue weighted by molar-refractivity contribution is 0.341. The van der Waals surface area contributed by atoms with Gasteiger partial charge in [0.05, 0.1) is 17.9 Å². The Balaban J connectivity index is 2.33. The van der Waals surface area contributed by atoms with Gasteiger partial charge in [0.25, 0.3) is 0 Å². The summed E-state index contributed by atoms with van der Waals surface area (Å²) in [5.41, 5.74) is 0.519. The number of nitrogens with zero attached hydrogens (tertiary/aromatic N) is 1. The SMILES string of the molecule is CC(C)CCS(=O)CCOc1ccccc1C#N. The van der Waals surface area contributed by atoms with Crippen molar-refractivity contribution in [2.24, 2.45) is 5.92 Å². The zero-order valence-electron chi connectivity index (χ0n) is 10.9. The van der Waals surface area contributed by atoms with Crippen molar-refractivity contribution in [1.82, 2.24) is 0 Å². The highest BCUT2D eigenvalue weighted by Gasteiger charge is 2.05. The minimum Gasteiger partial charge on any atom is -0.491 e. The molecule has 1 aromatic carbocycles. The summed E-state index contributed by atoms with van der Waals surface area (Å²) in [5.74, 6) is 2.39. The maximum Gasteiger partial charge on any atom is 0.137 e. The van der Waals surface area contributed by atoms with E-state index in [4.69, 9.17) is 10.00 Å². The van der Waals surface area contributed by atoms with Gasteiger partial charge >= 0.3 is 0 Å². The highest BCUT2D eigenvalue weighted by Crippen LogP contribution is 2.16. The Labute approximate surface area is 111 Å². The number of rotatable bonds is 7. The molecule has 98 valence electrons. The minimum atomic E-state index is -0.831. The Bertz CT molecular complexity index is 438. The molecule has 0 saturated heterocycles. The first-order valence-corrected chi connectivity index (χ1v) is 7.59. The van der Waals surface area contributed by atoms with E-state index in [1.807, 2.05) is 6.07 Å². The first-order valence-electron chi connectivity index (χ1n) is 6.10. The van der Waals surface area contributed by atoms with Crippen LogP contribution >= 0.6 is 0 Å². The third kappa shape index (κ3) is 5.33. The van der Waals surface area contributed by atoms with Crippen LogP contribution in [0.15, 0.2) is 24.3 Å². The van der Waals surface area contributed by atoms with Crippen LogP contribution in [0.25, 0.3) is 0 Å². The Morgan fingerprint density at radius 3 is 2.72 bits per heavy atom. The van der Waals surface area contributed by atoms with E-state index in [1.165, 1.54) is 0 Å². The summed E-state index contributed by atoms with van der Waals surface area (Å²) in [6, 6.07) is 9.17. The predicted molar refractivity (Wildman–Crippen MR) is 74.0 cm³/mol. The molecule has 0 spiro atoms. The smallest absolute Gasteiger partial charge is 0.137 e. The van der Waals surface area contributed by atoms with Crippen molar-refractivity contribution in [3.63, 3.8) is 0 Å². The second kappa shape index (κ2) is 7.88. The van der Waals surface area contributed by atoms with Gasteiger partial charge in [0.15, 0.2) is 0 Å². The summed E-state index contributed by atoms with van der Waals surface area (Å²) in [7, 11) is -0.831. The number of hydrogen-bond acceptors (Lipinski definition) is 3. The van der Waals surface area contributed by atoms with Crippen LogP contribution in [0.1, 0.15) is 25.8 Å². The summed E-state index contributed by atoms with van der Waals surface area (Å²) in [4.78, 5) is 0. The van der Waals surface area contributed by atoms with Gasteiger partial charge in [0.1, 0.15) is 11.8 Å². The lowest BCUT2D eigenvalue weighted by atomic mass is 10.2. The molecule has 0 heterocycles. The lowest BCUT2D eigenvalue weighted by Crippen LogP contribution is -2.12. The van der Waals surface area contributed by atoms with E-state index in [2.05, 4.69) is 19.9 Å². The molecule has 0 N–H and O–H groups in total. The van der Waals surface area contributed by atoms with E-state index in [1.54, 1.807) is 18.2 Å². The van der Waals surface area contributed by atoms with Crippen LogP contribution in [0.4, 0.5) is 0 Å². The number of benzene rings is 1. The molecule has 0 aliphatic heterocycles. The van der Waals surface area contributed by atoms with Gasteiger partial charge in [0, 0.05) is 16.6 Å². The van der Waals surface area contributed by atoms with Gasteiger partial charge in [-0.15, -0.1) is 0 Å². The molecule has 1 aromatic rings. The average Bonchev–Trinajstić information content (AvgIpc) is 2.37. The Morgan fingerprint density at radius 2 is 2.06 bits per heavy atom. The topological polar surface area (TPSA) is 50.1 Å². The largest absolute Gasteiger partial charge is 0.491 e. The fourth-order valence-electron chi connectivity index (χ4n) is 1.40. The van der Waals surface area contributed by atoms with Gasteiger partial charge in [-0.05, 0) is 24.5 Å². The maximum atomic E-state index is 11.7. The predicted octanol–water partition coefficient (Wildman–Crippen LogP) is 2.73. The van der Waals surface area contributed by atoms with Crippen molar-refractivity contribution in [2.45, 2.75) is 20.3 Å². The van der Waals surface area contributed by atoms with Crippen molar-refractivity contribution >= 4 is 10.8 Å². The second-order valence-electron chi connectivity index (χ2n) is 4.49. The average molecular weight is 265 g/mol. The van der Waals surface area contributed by atoms with Crippen LogP contribution in [0.5, 0.6) is 5.75 Å². The maximum absolute atomic E-state index is 11.7. The molecule has 1 rings (SSSR count). The molecule has 0 saturated carbocycles. The lowest BCUT2D eigenvalue weighted by Gasteiger charge is -2.08. The molecule has 0 amide bonds. The molecule has 18 heavy (non-hydrogen) atoms. The summed E-state index contributed by atoms with van der Waals surface area (Å²) < 4.78 is 17.1. The van der Waals surface area contributed by atoms with E-state index in [-0.39, 0.29) is 0 Å². The Morgan fingerprint density at radius 1 is 1.33 bits per heavy atom. The molecule has 0 aliphatic rings. The minimum absolute atomic E-state index is 0.392. The fraction of sp³-hybridized carbons (Fsp3) is 0.500. The molecular formula is C14H19NO2S. The van der Waals surface area contributed by atoms with Crippen LogP contribution < -0.4 is 4.74 Å². The van der Waals surface area contributed by atoms with Gasteiger partial charge in [-0.3, -0.25) is 4.21 Å². The monoisotopic (exact) mass is 265 g/mol. The molecule has 0 fully saturated rings. The molecule has 0 radical (unpaired) electrons. The molecule has 4 heteroatoms. The first kappa shape index (κ1) is 14.7. The molecule has 0 aliphatic carbocycles. The molecule has 1 atom stereocenters. The van der Waals surface area contributed by atoms with Crippen LogP contribution in [0, 0.1) is 17.2 Å². The zero-order valence-corrected chi connectivity index (χ0v) is 11.7. The molecule has 1 unspecified atom stereocenters. The van der Waals surface area contributed by atoms with E-state index in [0.29, 0.717) is 29.6 Å². The van der Waals surface area contributed by atoms with Crippen LogP contribution in [-0.2, 0) is 10.8 Å². The summed E-state index contributed by atoms with van der Waals surface area (Å²) in [5, 5.41) is 8.88. The van der Waals surface area contributed by atoms with Gasteiger partial charge in [-0.1, -0.05) is 26.0 Å². The summed E-state index contributed by atoms with van der Waals surface area (Å²) in [6.07, 6.45) is 0.974. The molecular weight excluding hydrogens is 246 g/mol. The standard InChI is InChI=1S/C14H19NO2S/c1-12(2)7-9-18(16)10-8-17-14-6-4-3-5-13(14)11-15/h3-6,12H,7-10H2,1-2H3. The quantitative estimate of drug-likeness (QED) is 0.761. The van der Waals surface area contributed by atoms with Gasteiger partial charge in [-0.2, -0.15) is 5.26 Å². The van der Waals surface area contributed by atoms with E-state index < -0.39 is 10.8 Å². The van der Waals surface area contributed by atoms with E-state index >= 15 is 0 Å². The number of hydrogen-bond donors (Lipinski definition) is 0. The second-order valence-corrected chi connectivity index (χ2v) is 6.18. The highest BCUT2D eigenvalue weighted by atomic mass is 32.2. The molecule has 0 bridgehead atoms. The highest BCUT2D eigenvalue weighted by molar-refractivity contribution is 7.84. The Kier molecular flexibility index (Phi) is 6.45. The number of para-hydroxylation sites is 1. The van der Waals surface area contributed by atoms with Crippen molar-refractivity contribution in [3.05, 3.63) is 29.8 Å². The van der Waals surface area contributed by atoms with Gasteiger partial charge < -0.3 is 4.74 Å². The first-order chi connectivity index (χ1) is 8.63. The van der Waals surface area contributed by atoms with Crippen LogP contribution in [-0.4, -0.2) is 22.3 Å². The third-order valence-corrected chi connectivity index (χ3v) is 3.81. The van der Waals surface area contributed by atoms with Crippen molar-refractivity contribution in [1.29, 1.82) is 5.26 Å².